The van der Waals surface area contributed by atoms with Gasteiger partial charge in [-0.05, 0) is 12.8 Å². The van der Waals surface area contributed by atoms with Crippen LogP contribution in [0.25, 0.3) is 0 Å². The van der Waals surface area contributed by atoms with Gasteiger partial charge in [-0.1, -0.05) is 13.8 Å². The predicted octanol–water partition coefficient (Wildman–Crippen LogP) is 1.68. The first kappa shape index (κ1) is 12.8. The zero-order valence-corrected chi connectivity index (χ0v) is 9.26. The van der Waals surface area contributed by atoms with Gasteiger partial charge in [-0.25, -0.2) is 13.8 Å². The van der Waals surface area contributed by atoms with E-state index in [9.17, 15) is 13.6 Å². The molecule has 0 aromatic carbocycles. The number of H-pyrrole nitrogens is 1. The van der Waals surface area contributed by atoms with E-state index in [1.807, 2.05) is 13.8 Å². The van der Waals surface area contributed by atoms with E-state index in [-0.39, 0.29) is 5.82 Å². The molecule has 0 aliphatic heterocycles. The van der Waals surface area contributed by atoms with Crippen LogP contribution in [0.5, 0.6) is 0 Å². The van der Waals surface area contributed by atoms with Crippen molar-refractivity contribution < 1.29 is 8.78 Å². The van der Waals surface area contributed by atoms with E-state index in [2.05, 4.69) is 9.97 Å². The van der Waals surface area contributed by atoms with Crippen LogP contribution in [0, 0.1) is 0 Å². The third-order valence-corrected chi connectivity index (χ3v) is 2.72. The molecular formula is C10H15F2N3O. The Balaban J connectivity index is 3.29. The fourth-order valence-corrected chi connectivity index (χ4v) is 1.41. The maximum absolute atomic E-state index is 12.5. The molecule has 0 atom stereocenters. The molecule has 0 aliphatic carbocycles. The Morgan fingerprint density at radius 1 is 1.50 bits per heavy atom. The average molecular weight is 231 g/mol. The van der Waals surface area contributed by atoms with Crippen LogP contribution in [0.3, 0.4) is 0 Å². The first-order valence-electron chi connectivity index (χ1n) is 5.11. The van der Waals surface area contributed by atoms with Crippen molar-refractivity contribution in [2.45, 2.75) is 38.7 Å². The fraction of sp³-hybridized carbons (Fsp3) is 0.600. The lowest BCUT2D eigenvalue weighted by molar-refractivity contribution is 0.144. The second-order valence-corrected chi connectivity index (χ2v) is 3.68. The summed E-state index contributed by atoms with van der Waals surface area (Å²) in [4.78, 5) is 17.3. The van der Waals surface area contributed by atoms with Crippen LogP contribution in [-0.4, -0.2) is 9.97 Å². The number of aromatic amines is 1. The number of nitrogens with two attached hydrogens (primary N) is 1. The Morgan fingerprint density at radius 3 is 2.50 bits per heavy atom. The van der Waals surface area contributed by atoms with Crippen LogP contribution in [0.15, 0.2) is 10.9 Å². The van der Waals surface area contributed by atoms with Crippen molar-refractivity contribution in [3.8, 4) is 0 Å². The van der Waals surface area contributed by atoms with Crippen LogP contribution < -0.4 is 11.3 Å². The molecule has 0 saturated carbocycles. The zero-order valence-electron chi connectivity index (χ0n) is 9.26. The van der Waals surface area contributed by atoms with E-state index in [4.69, 9.17) is 5.73 Å². The van der Waals surface area contributed by atoms with Crippen molar-refractivity contribution in [1.82, 2.24) is 9.97 Å². The van der Waals surface area contributed by atoms with Gasteiger partial charge in [-0.2, -0.15) is 0 Å². The topological polar surface area (TPSA) is 71.8 Å². The highest BCUT2D eigenvalue weighted by atomic mass is 19.3. The molecule has 0 unspecified atom stereocenters. The van der Waals surface area contributed by atoms with E-state index < -0.39 is 23.2 Å². The van der Waals surface area contributed by atoms with E-state index in [0.29, 0.717) is 12.8 Å². The Bertz CT molecular complexity index is 413. The zero-order chi connectivity index (χ0) is 12.3. The molecule has 1 aromatic heterocycles. The van der Waals surface area contributed by atoms with E-state index >= 15 is 0 Å². The maximum atomic E-state index is 12.5. The van der Waals surface area contributed by atoms with Gasteiger partial charge in [0.25, 0.3) is 12.0 Å². The maximum Gasteiger partial charge on any atom is 0.280 e. The van der Waals surface area contributed by atoms with Gasteiger partial charge >= 0.3 is 0 Å². The number of hydrogen-bond acceptors (Lipinski definition) is 3. The minimum Gasteiger partial charge on any atom is -0.319 e. The smallest absolute Gasteiger partial charge is 0.280 e. The summed E-state index contributed by atoms with van der Waals surface area (Å²) in [7, 11) is 0. The van der Waals surface area contributed by atoms with Gasteiger partial charge in [-0.15, -0.1) is 0 Å². The first-order valence-corrected chi connectivity index (χ1v) is 5.11. The van der Waals surface area contributed by atoms with E-state index in [1.54, 1.807) is 0 Å². The number of halogens is 2. The second-order valence-electron chi connectivity index (χ2n) is 3.68. The average Bonchev–Trinajstić information content (AvgIpc) is 2.27. The molecule has 0 bridgehead atoms. The number of aromatic nitrogens is 2. The highest BCUT2D eigenvalue weighted by Crippen LogP contribution is 2.23. The molecule has 0 aliphatic rings. The lowest BCUT2D eigenvalue weighted by atomic mass is 9.93. The second kappa shape index (κ2) is 4.69. The molecule has 0 spiro atoms. The number of nitrogens with zero attached hydrogens (tertiary/aromatic N) is 1. The standard InChI is InChI=1S/C10H15F2N3O/c1-3-10(13,4-2)9-14-6(8(11)12)5-7(16)15-9/h5,8H,3-4,13H2,1-2H3,(H,14,15,16). The van der Waals surface area contributed by atoms with Gasteiger partial charge in [0.05, 0.1) is 5.54 Å². The van der Waals surface area contributed by atoms with Crippen LogP contribution in [0.4, 0.5) is 8.78 Å². The lowest BCUT2D eigenvalue weighted by Crippen LogP contribution is -2.39. The third-order valence-electron chi connectivity index (χ3n) is 2.72. The van der Waals surface area contributed by atoms with Gasteiger partial charge in [0.1, 0.15) is 11.5 Å². The van der Waals surface area contributed by atoms with Gasteiger partial charge in [0.2, 0.25) is 0 Å². The van der Waals surface area contributed by atoms with Crippen LogP contribution in [0.2, 0.25) is 0 Å². The SMILES string of the molecule is CCC(N)(CC)c1nc(C(F)F)cc(=O)[nH]1. The summed E-state index contributed by atoms with van der Waals surface area (Å²) in [5.41, 5.74) is 3.99. The molecule has 6 heteroatoms. The fourth-order valence-electron chi connectivity index (χ4n) is 1.41. The van der Waals surface area contributed by atoms with Gasteiger partial charge in [0.15, 0.2) is 0 Å². The van der Waals surface area contributed by atoms with Crippen molar-refractivity contribution in [3.05, 3.63) is 27.9 Å². The largest absolute Gasteiger partial charge is 0.319 e. The van der Waals surface area contributed by atoms with E-state index in [1.165, 1.54) is 0 Å². The summed E-state index contributed by atoms with van der Waals surface area (Å²) in [6.45, 7) is 3.64. The van der Waals surface area contributed by atoms with Crippen molar-refractivity contribution in [1.29, 1.82) is 0 Å². The summed E-state index contributed by atoms with van der Waals surface area (Å²) < 4.78 is 24.9. The molecule has 1 aromatic rings. The highest BCUT2D eigenvalue weighted by molar-refractivity contribution is 5.10. The van der Waals surface area contributed by atoms with Gasteiger partial charge < -0.3 is 10.7 Å². The van der Waals surface area contributed by atoms with Crippen molar-refractivity contribution >= 4 is 0 Å². The molecule has 0 amide bonds. The quantitative estimate of drug-likeness (QED) is 0.828. The van der Waals surface area contributed by atoms with Crippen LogP contribution in [-0.2, 0) is 5.54 Å². The third kappa shape index (κ3) is 2.44. The summed E-state index contributed by atoms with van der Waals surface area (Å²) in [5.74, 6) is 0.125. The lowest BCUT2D eigenvalue weighted by Gasteiger charge is -2.25. The molecule has 1 heterocycles. The molecule has 4 nitrogen and oxygen atoms in total. The highest BCUT2D eigenvalue weighted by Gasteiger charge is 2.27. The molecule has 0 saturated heterocycles. The molecular weight excluding hydrogens is 216 g/mol. The Labute approximate surface area is 91.9 Å². The molecule has 16 heavy (non-hydrogen) atoms. The van der Waals surface area contributed by atoms with Gasteiger partial charge in [0, 0.05) is 6.07 Å². The first-order chi connectivity index (χ1) is 7.42. The Kier molecular flexibility index (Phi) is 3.74. The molecule has 0 radical (unpaired) electrons. The Hall–Kier alpha value is -1.30. The minimum atomic E-state index is -2.76. The number of hydrogen-bond donors (Lipinski definition) is 2. The summed E-state index contributed by atoms with van der Waals surface area (Å²) in [6, 6.07) is 0.792. The van der Waals surface area contributed by atoms with Crippen LogP contribution in [0.1, 0.15) is 44.6 Å². The summed E-state index contributed by atoms with van der Waals surface area (Å²) in [5, 5.41) is 0. The monoisotopic (exact) mass is 231 g/mol. The van der Waals surface area contributed by atoms with Crippen molar-refractivity contribution in [3.63, 3.8) is 0 Å². The number of alkyl halides is 2. The number of nitrogens with one attached hydrogen (secondary N) is 1. The molecule has 0 fully saturated rings. The van der Waals surface area contributed by atoms with Crippen molar-refractivity contribution in [2.24, 2.45) is 5.73 Å². The van der Waals surface area contributed by atoms with Gasteiger partial charge in [-0.3, -0.25) is 4.79 Å². The number of rotatable bonds is 4. The summed E-state index contributed by atoms with van der Waals surface area (Å²) >= 11 is 0. The van der Waals surface area contributed by atoms with E-state index in [0.717, 1.165) is 6.07 Å². The normalized spacial score (nSPS) is 12.1. The van der Waals surface area contributed by atoms with Crippen LogP contribution >= 0.6 is 0 Å². The Morgan fingerprint density at radius 2 is 2.06 bits per heavy atom. The molecule has 1 rings (SSSR count). The predicted molar refractivity (Wildman–Crippen MR) is 56.3 cm³/mol. The van der Waals surface area contributed by atoms with Crippen molar-refractivity contribution in [2.75, 3.05) is 0 Å². The minimum absolute atomic E-state index is 0.125. The molecule has 90 valence electrons. The molecule has 3 N–H and O–H groups in total. The summed E-state index contributed by atoms with van der Waals surface area (Å²) in [6.07, 6.45) is -1.74.